The summed E-state index contributed by atoms with van der Waals surface area (Å²) in [6.07, 6.45) is 1.26. The maximum absolute atomic E-state index is 12.4. The van der Waals surface area contributed by atoms with Crippen molar-refractivity contribution in [2.45, 2.75) is 19.2 Å². The van der Waals surface area contributed by atoms with E-state index in [-0.39, 0.29) is 12.3 Å². The lowest BCUT2D eigenvalue weighted by molar-refractivity contribution is -0.120. The van der Waals surface area contributed by atoms with Gasteiger partial charge in [-0.3, -0.25) is 9.69 Å². The smallest absolute Gasteiger partial charge is 0.224 e. The van der Waals surface area contributed by atoms with Crippen LogP contribution in [0.2, 0.25) is 0 Å². The maximum atomic E-state index is 12.4. The molecule has 4 aromatic carbocycles. The Kier molecular flexibility index (Phi) is 7.01. The molecule has 36 heavy (non-hydrogen) atoms. The van der Waals surface area contributed by atoms with Gasteiger partial charge < -0.3 is 10.4 Å². The van der Waals surface area contributed by atoms with Gasteiger partial charge in [0, 0.05) is 17.8 Å². The molecule has 0 saturated heterocycles. The van der Waals surface area contributed by atoms with Crippen LogP contribution in [-0.2, 0) is 17.8 Å². The quantitative estimate of drug-likeness (QED) is 0.389. The van der Waals surface area contributed by atoms with Crippen molar-refractivity contribution in [2.24, 2.45) is 4.99 Å². The number of anilines is 1. The Labute approximate surface area is 211 Å². The molecular weight excluding hydrogens is 446 g/mol. The fourth-order valence-electron chi connectivity index (χ4n) is 4.18. The largest absolute Gasteiger partial charge is 0.368 e. The molecule has 1 aliphatic heterocycles. The number of aliphatic hydroxyl groups excluding tert-OH is 1. The number of hydrogen-bond donors (Lipinski definition) is 2. The fraction of sp³-hybridized carbons (Fsp3) is 0.0968. The van der Waals surface area contributed by atoms with Crippen LogP contribution >= 0.6 is 0 Å². The van der Waals surface area contributed by atoms with Crippen molar-refractivity contribution in [3.8, 4) is 0 Å². The van der Waals surface area contributed by atoms with Crippen LogP contribution in [-0.4, -0.2) is 23.1 Å². The predicted molar refractivity (Wildman–Crippen MR) is 144 cm³/mol. The normalized spacial score (nSPS) is 16.1. The van der Waals surface area contributed by atoms with Gasteiger partial charge in [0.25, 0.3) is 0 Å². The Morgan fingerprint density at radius 3 is 2.08 bits per heavy atom. The molecule has 1 aliphatic rings. The molecule has 0 bridgehead atoms. The van der Waals surface area contributed by atoms with Crippen LogP contribution in [0, 0.1) is 0 Å². The van der Waals surface area contributed by atoms with E-state index in [0.717, 1.165) is 27.9 Å². The van der Waals surface area contributed by atoms with Crippen LogP contribution in [0.4, 0.5) is 5.69 Å². The van der Waals surface area contributed by atoms with E-state index in [1.807, 2.05) is 126 Å². The van der Waals surface area contributed by atoms with Crippen LogP contribution in [0.15, 0.2) is 126 Å². The van der Waals surface area contributed by atoms with E-state index in [2.05, 4.69) is 5.32 Å². The van der Waals surface area contributed by atoms with Crippen LogP contribution in [0.1, 0.15) is 22.3 Å². The van der Waals surface area contributed by atoms with E-state index in [9.17, 15) is 9.90 Å². The van der Waals surface area contributed by atoms with Crippen LogP contribution in [0.3, 0.4) is 0 Å². The van der Waals surface area contributed by atoms with Crippen molar-refractivity contribution in [1.29, 1.82) is 0 Å². The van der Waals surface area contributed by atoms with Gasteiger partial charge in [0.05, 0.1) is 12.1 Å². The zero-order valence-electron chi connectivity index (χ0n) is 19.8. The summed E-state index contributed by atoms with van der Waals surface area (Å²) >= 11 is 0. The number of carbonyl (C=O) groups is 1. The van der Waals surface area contributed by atoms with E-state index in [0.29, 0.717) is 18.1 Å². The van der Waals surface area contributed by atoms with Gasteiger partial charge in [0.15, 0.2) is 6.23 Å². The predicted octanol–water partition coefficient (Wildman–Crippen LogP) is 5.17. The third kappa shape index (κ3) is 5.43. The third-order valence-corrected chi connectivity index (χ3v) is 6.03. The Bertz CT molecular complexity index is 1370. The fourth-order valence-corrected chi connectivity index (χ4v) is 4.18. The van der Waals surface area contributed by atoms with Gasteiger partial charge in [-0.1, -0.05) is 103 Å². The molecule has 1 heterocycles. The van der Waals surface area contributed by atoms with Crippen molar-refractivity contribution in [2.75, 3.05) is 4.90 Å². The number of aliphatic imine (C=N–C) groups is 1. The van der Waals surface area contributed by atoms with Gasteiger partial charge in [-0.25, -0.2) is 4.99 Å². The lowest BCUT2D eigenvalue weighted by Gasteiger charge is -2.25. The molecule has 4 aromatic rings. The molecule has 1 amide bonds. The number of hydrogen-bond acceptors (Lipinski definition) is 4. The minimum Gasteiger partial charge on any atom is -0.368 e. The molecule has 1 unspecified atom stereocenters. The first-order chi connectivity index (χ1) is 17.7. The van der Waals surface area contributed by atoms with Crippen molar-refractivity contribution in [3.63, 3.8) is 0 Å². The summed E-state index contributed by atoms with van der Waals surface area (Å²) in [4.78, 5) is 19.1. The summed E-state index contributed by atoms with van der Waals surface area (Å²) in [5.41, 5.74) is 5.23. The first-order valence-electron chi connectivity index (χ1n) is 11.9. The van der Waals surface area contributed by atoms with Gasteiger partial charge >= 0.3 is 0 Å². The second-order valence-corrected chi connectivity index (χ2v) is 8.63. The molecule has 1 atom stereocenters. The average molecular weight is 474 g/mol. The summed E-state index contributed by atoms with van der Waals surface area (Å²) < 4.78 is 0. The number of nitrogens with one attached hydrogen (secondary N) is 1. The molecule has 0 aliphatic carbocycles. The van der Waals surface area contributed by atoms with Gasteiger partial charge in [-0.05, 0) is 34.9 Å². The minimum atomic E-state index is -0.930. The highest BCUT2D eigenvalue weighted by Gasteiger charge is 2.32. The van der Waals surface area contributed by atoms with Crippen molar-refractivity contribution in [3.05, 3.63) is 143 Å². The zero-order chi connectivity index (χ0) is 24.7. The molecule has 178 valence electrons. The van der Waals surface area contributed by atoms with Crippen LogP contribution < -0.4 is 10.2 Å². The van der Waals surface area contributed by atoms with E-state index < -0.39 is 6.23 Å². The molecule has 0 radical (unpaired) electrons. The molecule has 5 nitrogen and oxygen atoms in total. The number of carbonyl (C=O) groups excluding carboxylic acids is 1. The van der Waals surface area contributed by atoms with E-state index in [1.54, 1.807) is 0 Å². The third-order valence-electron chi connectivity index (χ3n) is 6.03. The van der Waals surface area contributed by atoms with Gasteiger partial charge in [0.2, 0.25) is 5.91 Å². The highest BCUT2D eigenvalue weighted by atomic mass is 16.3. The minimum absolute atomic E-state index is 0.0348. The summed E-state index contributed by atoms with van der Waals surface area (Å²) in [5, 5.41) is 14.2. The summed E-state index contributed by atoms with van der Waals surface area (Å²) in [6, 6.07) is 37.2. The van der Waals surface area contributed by atoms with Crippen molar-refractivity contribution < 1.29 is 9.90 Å². The standard InChI is InChI=1S/C31H27N3O2/c35-29(32-22-25-12-6-2-7-13-25)21-24-16-18-27(19-17-24)34-30(26-14-8-3-9-15-26)33-28(31(34)36)20-23-10-4-1-5-11-23/h1-20,31,36H,21-22H2,(H,32,35)/b28-20-. The molecule has 2 N–H and O–H groups in total. The van der Waals surface area contributed by atoms with Gasteiger partial charge in [-0.2, -0.15) is 0 Å². The first kappa shape index (κ1) is 23.3. The topological polar surface area (TPSA) is 64.9 Å². The Morgan fingerprint density at radius 2 is 1.42 bits per heavy atom. The maximum Gasteiger partial charge on any atom is 0.224 e. The number of amidine groups is 1. The first-order valence-corrected chi connectivity index (χ1v) is 11.9. The number of rotatable bonds is 7. The van der Waals surface area contributed by atoms with Gasteiger partial charge in [0.1, 0.15) is 5.84 Å². The van der Waals surface area contributed by atoms with E-state index >= 15 is 0 Å². The van der Waals surface area contributed by atoms with Crippen molar-refractivity contribution in [1.82, 2.24) is 5.32 Å². The number of nitrogens with zero attached hydrogens (tertiary/aromatic N) is 2. The zero-order valence-corrected chi connectivity index (χ0v) is 19.8. The summed E-state index contributed by atoms with van der Waals surface area (Å²) in [5.74, 6) is 0.645. The van der Waals surface area contributed by atoms with Crippen molar-refractivity contribution >= 4 is 23.5 Å². The van der Waals surface area contributed by atoms with Gasteiger partial charge in [-0.15, -0.1) is 0 Å². The SMILES string of the molecule is O=C(Cc1ccc(N2C(c3ccccc3)=N/C(=C\c3ccccc3)C2O)cc1)NCc1ccccc1. The Hall–Kier alpha value is -4.48. The highest BCUT2D eigenvalue weighted by molar-refractivity contribution is 6.13. The summed E-state index contributed by atoms with van der Waals surface area (Å²) in [6.45, 7) is 0.505. The van der Waals surface area contributed by atoms with E-state index in [1.165, 1.54) is 0 Å². The lowest BCUT2D eigenvalue weighted by atomic mass is 10.1. The second kappa shape index (κ2) is 10.8. The Morgan fingerprint density at radius 1 is 0.806 bits per heavy atom. The summed E-state index contributed by atoms with van der Waals surface area (Å²) in [7, 11) is 0. The molecule has 5 heteroatoms. The molecule has 0 fully saturated rings. The molecule has 0 spiro atoms. The monoisotopic (exact) mass is 473 g/mol. The second-order valence-electron chi connectivity index (χ2n) is 8.63. The average Bonchev–Trinajstić information content (AvgIpc) is 3.25. The number of amides is 1. The molecule has 0 aromatic heterocycles. The molecule has 0 saturated carbocycles. The Balaban J connectivity index is 1.35. The molecule has 5 rings (SSSR count). The van der Waals surface area contributed by atoms with Crippen LogP contribution in [0.25, 0.3) is 6.08 Å². The van der Waals surface area contributed by atoms with E-state index in [4.69, 9.17) is 4.99 Å². The highest BCUT2D eigenvalue weighted by Crippen LogP contribution is 2.31. The molecular formula is C31H27N3O2. The number of aliphatic hydroxyl groups is 1. The lowest BCUT2D eigenvalue weighted by Crippen LogP contribution is -2.36. The van der Waals surface area contributed by atoms with Crippen LogP contribution in [0.5, 0.6) is 0 Å². The number of benzene rings is 4.